The van der Waals surface area contributed by atoms with E-state index < -0.39 is 0 Å². The van der Waals surface area contributed by atoms with Crippen LogP contribution in [0, 0.1) is 16.7 Å². The second kappa shape index (κ2) is 6.29. The Morgan fingerprint density at radius 1 is 1.00 bits per heavy atom. The fraction of sp³-hybridized carbons (Fsp3) is 0.708. The molecule has 5 saturated carbocycles. The third-order valence-electron chi connectivity index (χ3n) is 8.32. The van der Waals surface area contributed by atoms with Gasteiger partial charge in [-0.1, -0.05) is 49.5 Å². The largest absolute Gasteiger partial charge is 0.376 e. The highest BCUT2D eigenvalue weighted by Gasteiger charge is 2.63. The van der Waals surface area contributed by atoms with E-state index in [1.54, 1.807) is 5.56 Å². The lowest BCUT2D eigenvalue weighted by Crippen LogP contribution is -2.62. The summed E-state index contributed by atoms with van der Waals surface area (Å²) in [6.45, 7) is 2.55. The van der Waals surface area contributed by atoms with Crippen LogP contribution in [0.4, 0.5) is 0 Å². The molecular formula is C24H34N2S. The molecule has 1 aromatic carbocycles. The highest BCUT2D eigenvalue weighted by Crippen LogP contribution is 2.70. The quantitative estimate of drug-likeness (QED) is 0.714. The molecule has 0 saturated heterocycles. The van der Waals surface area contributed by atoms with Crippen molar-refractivity contribution < 1.29 is 0 Å². The molecule has 4 atom stereocenters. The van der Waals surface area contributed by atoms with Crippen LogP contribution < -0.4 is 11.1 Å². The summed E-state index contributed by atoms with van der Waals surface area (Å²) in [5.74, 6) is 0.839. The first-order valence-electron chi connectivity index (χ1n) is 11.0. The standard InChI is InChI=1S/C24H34N2S/c1-22-11-17-12-23(14-22,18-5-3-2-4-6-18)16-24(13-17,15-22)21(27)26-20-9-7-19(25)8-10-20/h2-6,17,19-20H,7-16,25H2,1H3,(H,26,27)/t17?,19-,20+,22-,23-,24?/m1/s1. The molecule has 2 nitrogen and oxygen atoms in total. The van der Waals surface area contributed by atoms with Gasteiger partial charge in [0.2, 0.25) is 0 Å². The van der Waals surface area contributed by atoms with Crippen molar-refractivity contribution in [1.82, 2.24) is 5.32 Å². The topological polar surface area (TPSA) is 38.0 Å². The summed E-state index contributed by atoms with van der Waals surface area (Å²) >= 11 is 6.16. The van der Waals surface area contributed by atoms with Gasteiger partial charge in [-0.25, -0.2) is 0 Å². The fourth-order valence-corrected chi connectivity index (χ4v) is 8.28. The summed E-state index contributed by atoms with van der Waals surface area (Å²) in [5.41, 5.74) is 8.70. The molecule has 2 unspecified atom stereocenters. The van der Waals surface area contributed by atoms with Gasteiger partial charge in [0.25, 0.3) is 0 Å². The minimum absolute atomic E-state index is 0.221. The molecule has 27 heavy (non-hydrogen) atoms. The van der Waals surface area contributed by atoms with Crippen molar-refractivity contribution in [2.75, 3.05) is 0 Å². The van der Waals surface area contributed by atoms with Gasteiger partial charge >= 0.3 is 0 Å². The zero-order valence-corrected chi connectivity index (χ0v) is 17.5. The van der Waals surface area contributed by atoms with Gasteiger partial charge in [0.05, 0.1) is 4.99 Å². The minimum Gasteiger partial charge on any atom is -0.376 e. The molecule has 5 fully saturated rings. The number of nitrogens with two attached hydrogens (primary N) is 1. The van der Waals surface area contributed by atoms with Crippen LogP contribution in [0.25, 0.3) is 0 Å². The Labute approximate surface area is 169 Å². The molecule has 3 heteroatoms. The Balaban J connectivity index is 1.43. The number of hydrogen-bond donors (Lipinski definition) is 2. The second-order valence-electron chi connectivity index (χ2n) is 10.8. The van der Waals surface area contributed by atoms with Crippen LogP contribution in [0.15, 0.2) is 30.3 Å². The summed E-state index contributed by atoms with van der Waals surface area (Å²) < 4.78 is 0. The molecule has 0 radical (unpaired) electrons. The van der Waals surface area contributed by atoms with E-state index in [4.69, 9.17) is 18.0 Å². The van der Waals surface area contributed by atoms with E-state index in [1.165, 1.54) is 56.4 Å². The first kappa shape index (κ1) is 18.1. The average molecular weight is 383 g/mol. The molecule has 0 heterocycles. The molecule has 6 rings (SSSR count). The number of benzene rings is 1. The Hall–Kier alpha value is -0.930. The third kappa shape index (κ3) is 3.06. The van der Waals surface area contributed by atoms with Crippen LogP contribution in [-0.4, -0.2) is 17.1 Å². The SMILES string of the molecule is C[C@]12CC3CC(C(=S)N[C@H]4CC[C@@H](N)CC4)(C1)C[C@@](c1ccccc1)(C3)C2. The molecule has 4 bridgehead atoms. The van der Waals surface area contributed by atoms with Gasteiger partial charge in [0.1, 0.15) is 0 Å². The second-order valence-corrected chi connectivity index (χ2v) is 11.2. The molecule has 1 aromatic rings. The number of nitrogens with one attached hydrogen (secondary N) is 1. The number of thiocarbonyl (C=S) groups is 1. The average Bonchev–Trinajstić information content (AvgIpc) is 2.62. The van der Waals surface area contributed by atoms with Crippen molar-refractivity contribution >= 4 is 17.2 Å². The minimum atomic E-state index is 0.221. The zero-order valence-electron chi connectivity index (χ0n) is 16.7. The van der Waals surface area contributed by atoms with Crippen molar-refractivity contribution in [3.05, 3.63) is 35.9 Å². The van der Waals surface area contributed by atoms with E-state index in [9.17, 15) is 0 Å². The third-order valence-corrected chi connectivity index (χ3v) is 8.87. The summed E-state index contributed by atoms with van der Waals surface area (Å²) in [7, 11) is 0. The van der Waals surface area contributed by atoms with Gasteiger partial charge < -0.3 is 11.1 Å². The normalized spacial score (nSPS) is 45.6. The molecule has 5 aliphatic carbocycles. The van der Waals surface area contributed by atoms with E-state index >= 15 is 0 Å². The van der Waals surface area contributed by atoms with Gasteiger partial charge in [0.15, 0.2) is 0 Å². The summed E-state index contributed by atoms with van der Waals surface area (Å²) in [6.07, 6.45) is 12.6. The van der Waals surface area contributed by atoms with Crippen molar-refractivity contribution in [3.8, 4) is 0 Å². The lowest BCUT2D eigenvalue weighted by Gasteiger charge is -2.66. The Kier molecular flexibility index (Phi) is 4.22. The first-order chi connectivity index (χ1) is 12.9. The Bertz CT molecular complexity index is 725. The van der Waals surface area contributed by atoms with E-state index in [1.807, 2.05) is 0 Å². The molecule has 0 aromatic heterocycles. The van der Waals surface area contributed by atoms with Gasteiger partial charge in [-0.3, -0.25) is 0 Å². The van der Waals surface area contributed by atoms with Crippen LogP contribution in [0.1, 0.15) is 76.7 Å². The van der Waals surface area contributed by atoms with E-state index in [0.717, 1.165) is 18.8 Å². The number of rotatable bonds is 3. The van der Waals surface area contributed by atoms with Crippen LogP contribution >= 0.6 is 12.2 Å². The first-order valence-corrected chi connectivity index (χ1v) is 11.4. The van der Waals surface area contributed by atoms with E-state index in [-0.39, 0.29) is 5.41 Å². The molecule has 5 aliphatic rings. The molecule has 0 amide bonds. The highest BCUT2D eigenvalue weighted by molar-refractivity contribution is 7.80. The maximum atomic E-state index is 6.16. The summed E-state index contributed by atoms with van der Waals surface area (Å²) in [5, 5.41) is 3.86. The van der Waals surface area contributed by atoms with Crippen molar-refractivity contribution in [1.29, 1.82) is 0 Å². The predicted molar refractivity (Wildman–Crippen MR) is 116 cm³/mol. The van der Waals surface area contributed by atoms with Gasteiger partial charge in [-0.2, -0.15) is 0 Å². The zero-order chi connectivity index (χ0) is 18.7. The molecule has 3 N–H and O–H groups in total. The van der Waals surface area contributed by atoms with Crippen LogP contribution in [0.3, 0.4) is 0 Å². The Morgan fingerprint density at radius 3 is 2.44 bits per heavy atom. The van der Waals surface area contributed by atoms with Crippen molar-refractivity contribution in [2.45, 2.75) is 88.6 Å². The monoisotopic (exact) mass is 382 g/mol. The van der Waals surface area contributed by atoms with Crippen LogP contribution in [0.5, 0.6) is 0 Å². The highest BCUT2D eigenvalue weighted by atomic mass is 32.1. The molecular weight excluding hydrogens is 348 g/mol. The lowest BCUT2D eigenvalue weighted by atomic mass is 9.39. The smallest absolute Gasteiger partial charge is 0.0818 e. The van der Waals surface area contributed by atoms with Crippen LogP contribution in [-0.2, 0) is 5.41 Å². The molecule has 146 valence electrons. The van der Waals surface area contributed by atoms with Crippen molar-refractivity contribution in [3.63, 3.8) is 0 Å². The van der Waals surface area contributed by atoms with E-state index in [0.29, 0.717) is 22.9 Å². The van der Waals surface area contributed by atoms with Gasteiger partial charge in [0, 0.05) is 17.5 Å². The lowest BCUT2D eigenvalue weighted by molar-refractivity contribution is -0.0874. The maximum absolute atomic E-state index is 6.16. The fourth-order valence-electron chi connectivity index (χ4n) is 7.89. The van der Waals surface area contributed by atoms with Gasteiger partial charge in [-0.05, 0) is 86.5 Å². The van der Waals surface area contributed by atoms with Crippen LogP contribution in [0.2, 0.25) is 0 Å². The molecule has 0 spiro atoms. The van der Waals surface area contributed by atoms with Gasteiger partial charge in [-0.15, -0.1) is 0 Å². The van der Waals surface area contributed by atoms with Crippen molar-refractivity contribution in [2.24, 2.45) is 22.5 Å². The number of hydrogen-bond acceptors (Lipinski definition) is 2. The predicted octanol–water partition coefficient (Wildman–Crippen LogP) is 5.10. The van der Waals surface area contributed by atoms with E-state index in [2.05, 4.69) is 42.6 Å². The summed E-state index contributed by atoms with van der Waals surface area (Å²) in [4.78, 5) is 1.19. The Morgan fingerprint density at radius 2 is 1.74 bits per heavy atom. The maximum Gasteiger partial charge on any atom is 0.0818 e. The molecule has 0 aliphatic heterocycles. The summed E-state index contributed by atoms with van der Waals surface area (Å²) in [6, 6.07) is 12.3.